The summed E-state index contributed by atoms with van der Waals surface area (Å²) in [6.45, 7) is 10.4. The molecular weight excluding hydrogens is 480 g/mol. The molecule has 0 unspecified atom stereocenters. The van der Waals surface area contributed by atoms with E-state index in [1.165, 1.54) is 0 Å². The van der Waals surface area contributed by atoms with Crippen LogP contribution < -0.4 is 11.2 Å². The molecule has 200 valence electrons. The van der Waals surface area contributed by atoms with E-state index < -0.39 is 0 Å². The van der Waals surface area contributed by atoms with Gasteiger partial charge in [0.25, 0.3) is 5.91 Å². The van der Waals surface area contributed by atoms with Crippen molar-refractivity contribution in [1.82, 2.24) is 10.3 Å². The lowest BCUT2D eigenvalue weighted by Crippen LogP contribution is -2.32. The first-order valence-corrected chi connectivity index (χ1v) is 13.6. The summed E-state index contributed by atoms with van der Waals surface area (Å²) < 4.78 is 0. The fourth-order valence-corrected chi connectivity index (χ4v) is 5.26. The number of nitrogens with zero attached hydrogens (tertiary/aromatic N) is 2. The number of hydrogen-bond donors (Lipinski definition) is 2. The summed E-state index contributed by atoms with van der Waals surface area (Å²) in [6, 6.07) is 16.3. The van der Waals surface area contributed by atoms with Crippen LogP contribution in [0.2, 0.25) is 0 Å². The van der Waals surface area contributed by atoms with E-state index in [-0.39, 0.29) is 5.91 Å². The van der Waals surface area contributed by atoms with Crippen LogP contribution in [-0.4, -0.2) is 23.7 Å². The van der Waals surface area contributed by atoms with Crippen molar-refractivity contribution in [3.8, 4) is 0 Å². The monoisotopic (exact) mass is 518 g/mol. The van der Waals surface area contributed by atoms with Crippen LogP contribution in [0.15, 0.2) is 112 Å². The molecule has 5 heteroatoms. The third-order valence-corrected chi connectivity index (χ3v) is 7.38. The molecule has 0 aromatic heterocycles. The predicted molar refractivity (Wildman–Crippen MR) is 162 cm³/mol. The molecule has 0 aliphatic carbocycles. The van der Waals surface area contributed by atoms with Crippen molar-refractivity contribution in [3.05, 3.63) is 130 Å². The van der Waals surface area contributed by atoms with Crippen molar-refractivity contribution < 1.29 is 4.79 Å². The van der Waals surface area contributed by atoms with Crippen molar-refractivity contribution in [2.24, 2.45) is 10.8 Å². The third-order valence-electron chi connectivity index (χ3n) is 7.38. The van der Waals surface area contributed by atoms with Gasteiger partial charge in [0.2, 0.25) is 0 Å². The molecule has 0 fully saturated rings. The minimum absolute atomic E-state index is 0.0858. The smallest absolute Gasteiger partial charge is 0.251 e. The zero-order valence-electron chi connectivity index (χ0n) is 23.5. The molecule has 5 nitrogen and oxygen atoms in total. The molecule has 4 rings (SSSR count). The van der Waals surface area contributed by atoms with Gasteiger partial charge in [0.05, 0.1) is 0 Å². The second-order valence-corrected chi connectivity index (χ2v) is 9.89. The Labute approximate surface area is 232 Å². The number of nitrogens with two attached hydrogens (primary N) is 1. The van der Waals surface area contributed by atoms with Crippen molar-refractivity contribution in [2.45, 2.75) is 52.9 Å². The van der Waals surface area contributed by atoms with Crippen LogP contribution in [0.1, 0.15) is 73.0 Å². The maximum absolute atomic E-state index is 12.2. The number of benzene rings is 2. The molecule has 2 aromatic carbocycles. The summed E-state index contributed by atoms with van der Waals surface area (Å²) in [5, 5.41) is 4.57. The molecule has 0 saturated carbocycles. The van der Waals surface area contributed by atoms with Gasteiger partial charge in [0.1, 0.15) is 0 Å². The molecule has 0 atom stereocenters. The molecule has 3 N–H and O–H groups in total. The van der Waals surface area contributed by atoms with E-state index in [1.54, 1.807) is 7.05 Å². The number of hydrogen-bond acceptors (Lipinski definition) is 4. The molecule has 2 aliphatic heterocycles. The van der Waals surface area contributed by atoms with Crippen LogP contribution in [0, 0.1) is 6.92 Å². The molecule has 2 aromatic rings. The fraction of sp³-hybridized carbons (Fsp3) is 0.265. The van der Waals surface area contributed by atoms with Gasteiger partial charge in [-0.25, -0.2) is 5.84 Å². The third kappa shape index (κ3) is 5.96. The number of hydrazine groups is 1. The van der Waals surface area contributed by atoms with Crippen molar-refractivity contribution in [2.75, 3.05) is 7.05 Å². The zero-order chi connectivity index (χ0) is 27.9. The van der Waals surface area contributed by atoms with Crippen LogP contribution in [-0.2, 0) is 0 Å². The summed E-state index contributed by atoms with van der Waals surface area (Å²) in [6.07, 6.45) is 10.1. The Bertz CT molecular complexity index is 1460. The molecule has 0 bridgehead atoms. The second kappa shape index (κ2) is 12.6. The minimum atomic E-state index is -0.0858. The van der Waals surface area contributed by atoms with E-state index in [2.05, 4.69) is 49.7 Å². The van der Waals surface area contributed by atoms with Crippen LogP contribution in [0.3, 0.4) is 0 Å². The molecular formula is C34H38N4O. The largest absolute Gasteiger partial charge is 0.355 e. The van der Waals surface area contributed by atoms with E-state index in [0.717, 1.165) is 81.8 Å². The van der Waals surface area contributed by atoms with Gasteiger partial charge >= 0.3 is 0 Å². The normalized spacial score (nSPS) is 17.1. The SMILES string of the molecule is C=CC(C1=CN=C(c2ccccc2)CC1)=C1CC=C=C(c2ccc(C(=O)NC)c(C)c2)C(C)=C(CCC)N1N. The molecule has 0 saturated heterocycles. The molecule has 39 heavy (non-hydrogen) atoms. The molecule has 0 radical (unpaired) electrons. The summed E-state index contributed by atoms with van der Waals surface area (Å²) in [7, 11) is 1.65. The van der Waals surface area contributed by atoms with E-state index in [1.807, 2.05) is 60.6 Å². The lowest BCUT2D eigenvalue weighted by Gasteiger charge is -2.30. The Morgan fingerprint density at radius 1 is 1.15 bits per heavy atom. The number of carbonyl (C=O) groups excluding carboxylic acids is 1. The Kier molecular flexibility index (Phi) is 8.98. The summed E-state index contributed by atoms with van der Waals surface area (Å²) in [4.78, 5) is 17.0. The van der Waals surface area contributed by atoms with E-state index in [9.17, 15) is 4.79 Å². The van der Waals surface area contributed by atoms with Crippen LogP contribution in [0.25, 0.3) is 5.57 Å². The number of aryl methyl sites for hydroxylation is 1. The van der Waals surface area contributed by atoms with E-state index in [4.69, 9.17) is 10.8 Å². The van der Waals surface area contributed by atoms with E-state index in [0.29, 0.717) is 12.0 Å². The lowest BCUT2D eigenvalue weighted by atomic mass is 9.90. The van der Waals surface area contributed by atoms with Gasteiger partial charge in [-0.1, -0.05) is 68.5 Å². The number of carbonyl (C=O) groups is 1. The first kappa shape index (κ1) is 27.8. The van der Waals surface area contributed by atoms with Crippen LogP contribution in [0.4, 0.5) is 0 Å². The Morgan fingerprint density at radius 2 is 1.92 bits per heavy atom. The maximum Gasteiger partial charge on any atom is 0.251 e. The number of nitrogens with one attached hydrogen (secondary N) is 1. The highest BCUT2D eigenvalue weighted by Crippen LogP contribution is 2.35. The van der Waals surface area contributed by atoms with Crippen molar-refractivity contribution in [1.29, 1.82) is 0 Å². The number of aliphatic imine (C=N–C) groups is 1. The highest BCUT2D eigenvalue weighted by molar-refractivity contribution is 6.01. The molecule has 1 amide bonds. The Balaban J connectivity index is 1.78. The van der Waals surface area contributed by atoms with Gasteiger partial charge in [0, 0.05) is 47.9 Å². The van der Waals surface area contributed by atoms with Crippen LogP contribution >= 0.6 is 0 Å². The molecule has 2 aliphatic rings. The average Bonchev–Trinajstić information content (AvgIpc) is 2.96. The summed E-state index contributed by atoms with van der Waals surface area (Å²) in [5.74, 6) is 6.83. The summed E-state index contributed by atoms with van der Waals surface area (Å²) in [5.41, 5.74) is 14.7. The summed E-state index contributed by atoms with van der Waals surface area (Å²) >= 11 is 0. The highest BCUT2D eigenvalue weighted by atomic mass is 16.1. The van der Waals surface area contributed by atoms with E-state index >= 15 is 0 Å². The minimum Gasteiger partial charge on any atom is -0.355 e. The molecule has 0 spiro atoms. The predicted octanol–water partition coefficient (Wildman–Crippen LogP) is 7.15. The standard InChI is InChI=1S/C34H38N4O/c1-6-12-32-24(4)30(26-17-19-29(23(3)21-26)34(39)36-5)15-11-16-33(38(32)35)28(7-2)27-18-20-31(37-22-27)25-13-9-8-10-14-25/h7-11,13-14,17,19,21-22H,2,6,12,16,18,20,35H2,1,3-5H3,(H,36,39). The zero-order valence-corrected chi connectivity index (χ0v) is 23.5. The number of amides is 1. The first-order chi connectivity index (χ1) is 18.9. The first-order valence-electron chi connectivity index (χ1n) is 13.6. The number of allylic oxidation sites excluding steroid dienone is 6. The van der Waals surface area contributed by atoms with Gasteiger partial charge < -0.3 is 5.32 Å². The number of rotatable bonds is 7. The Hall–Kier alpha value is -4.18. The van der Waals surface area contributed by atoms with Gasteiger partial charge in [-0.3, -0.25) is 14.8 Å². The maximum atomic E-state index is 12.2. The second-order valence-electron chi connectivity index (χ2n) is 9.89. The van der Waals surface area contributed by atoms with Crippen molar-refractivity contribution >= 4 is 17.2 Å². The highest BCUT2D eigenvalue weighted by Gasteiger charge is 2.22. The van der Waals surface area contributed by atoms with Gasteiger partial charge in [-0.2, -0.15) is 0 Å². The topological polar surface area (TPSA) is 70.7 Å². The van der Waals surface area contributed by atoms with Gasteiger partial charge in [0.15, 0.2) is 0 Å². The van der Waals surface area contributed by atoms with Gasteiger partial charge in [-0.05, 0) is 78.7 Å². The lowest BCUT2D eigenvalue weighted by molar-refractivity contribution is 0.0962. The fourth-order valence-electron chi connectivity index (χ4n) is 5.26. The average molecular weight is 519 g/mol. The van der Waals surface area contributed by atoms with Gasteiger partial charge in [-0.15, -0.1) is 5.73 Å². The van der Waals surface area contributed by atoms with Crippen LogP contribution in [0.5, 0.6) is 0 Å². The van der Waals surface area contributed by atoms with Crippen molar-refractivity contribution in [3.63, 3.8) is 0 Å². The Morgan fingerprint density at radius 3 is 2.54 bits per heavy atom. The molecule has 2 heterocycles. The quantitative estimate of drug-likeness (QED) is 0.302.